The number of hydrogen-bond acceptors (Lipinski definition) is 4. The van der Waals surface area contributed by atoms with Crippen molar-refractivity contribution in [2.75, 3.05) is 0 Å². The molecular formula is C17H14FN3O3. The summed E-state index contributed by atoms with van der Waals surface area (Å²) in [6.07, 6.45) is -0.834. The van der Waals surface area contributed by atoms with E-state index < -0.39 is 18.0 Å². The van der Waals surface area contributed by atoms with Crippen molar-refractivity contribution in [3.05, 3.63) is 71.9 Å². The molecule has 1 heterocycles. The van der Waals surface area contributed by atoms with Gasteiger partial charge in [-0.2, -0.15) is 4.98 Å². The average molecular weight is 327 g/mol. The molecule has 1 amide bonds. The van der Waals surface area contributed by atoms with Gasteiger partial charge in [-0.3, -0.25) is 0 Å². The van der Waals surface area contributed by atoms with E-state index in [0.29, 0.717) is 12.0 Å². The maximum atomic E-state index is 13.3. The van der Waals surface area contributed by atoms with Gasteiger partial charge in [0.1, 0.15) is 11.9 Å². The number of nitrogens with zero attached hydrogens (tertiary/aromatic N) is 2. The van der Waals surface area contributed by atoms with Crippen molar-refractivity contribution in [1.29, 1.82) is 0 Å². The third-order valence-corrected chi connectivity index (χ3v) is 3.40. The molecular weight excluding hydrogens is 313 g/mol. The third-order valence-electron chi connectivity index (χ3n) is 3.40. The molecule has 0 fully saturated rings. The molecule has 3 rings (SSSR count). The van der Waals surface area contributed by atoms with E-state index in [-0.39, 0.29) is 11.7 Å². The second kappa shape index (κ2) is 6.91. The number of halogens is 1. The molecule has 0 saturated heterocycles. The first-order valence-electron chi connectivity index (χ1n) is 7.25. The zero-order valence-corrected chi connectivity index (χ0v) is 12.5. The standard InChI is InChI=1S/C17H14FN3O3/c18-13-8-4-7-12(10-13)15-20-16(24-21-15)14(19-17(22)23)9-11-5-2-1-3-6-11/h1-8,10,14,19H,9H2,(H,22,23). The van der Waals surface area contributed by atoms with Gasteiger partial charge in [0.2, 0.25) is 11.7 Å². The Morgan fingerprint density at radius 1 is 1.21 bits per heavy atom. The summed E-state index contributed by atoms with van der Waals surface area (Å²) < 4.78 is 18.5. The molecule has 0 spiro atoms. The maximum Gasteiger partial charge on any atom is 0.405 e. The third kappa shape index (κ3) is 3.75. The molecule has 0 aliphatic rings. The summed E-state index contributed by atoms with van der Waals surface area (Å²) in [6, 6.07) is 14.4. The molecule has 1 aromatic heterocycles. The van der Waals surface area contributed by atoms with Crippen LogP contribution in [-0.4, -0.2) is 21.3 Å². The highest BCUT2D eigenvalue weighted by molar-refractivity contribution is 5.65. The maximum absolute atomic E-state index is 13.3. The molecule has 0 aliphatic heterocycles. The molecule has 122 valence electrons. The SMILES string of the molecule is O=C(O)NC(Cc1ccccc1)c1nc(-c2cccc(F)c2)no1. The lowest BCUT2D eigenvalue weighted by Crippen LogP contribution is -2.28. The summed E-state index contributed by atoms with van der Waals surface area (Å²) in [4.78, 5) is 15.2. The number of benzene rings is 2. The second-order valence-corrected chi connectivity index (χ2v) is 5.16. The van der Waals surface area contributed by atoms with E-state index in [4.69, 9.17) is 9.63 Å². The quantitative estimate of drug-likeness (QED) is 0.749. The van der Waals surface area contributed by atoms with E-state index in [2.05, 4.69) is 15.5 Å². The van der Waals surface area contributed by atoms with Crippen molar-refractivity contribution >= 4 is 6.09 Å². The monoisotopic (exact) mass is 327 g/mol. The van der Waals surface area contributed by atoms with Crippen LogP contribution in [0.4, 0.5) is 9.18 Å². The average Bonchev–Trinajstić information content (AvgIpc) is 3.05. The van der Waals surface area contributed by atoms with Crippen LogP contribution in [0.25, 0.3) is 11.4 Å². The summed E-state index contributed by atoms with van der Waals surface area (Å²) in [5.74, 6) is -0.0846. The van der Waals surface area contributed by atoms with Gasteiger partial charge in [0, 0.05) is 12.0 Å². The van der Waals surface area contributed by atoms with E-state index in [9.17, 15) is 9.18 Å². The highest BCUT2D eigenvalue weighted by Gasteiger charge is 2.22. The van der Waals surface area contributed by atoms with Gasteiger partial charge in [-0.15, -0.1) is 0 Å². The Morgan fingerprint density at radius 2 is 2.00 bits per heavy atom. The first-order valence-corrected chi connectivity index (χ1v) is 7.25. The van der Waals surface area contributed by atoms with Crippen LogP contribution in [0.3, 0.4) is 0 Å². The van der Waals surface area contributed by atoms with E-state index in [0.717, 1.165) is 5.56 Å². The molecule has 0 bridgehead atoms. The van der Waals surface area contributed by atoms with Crippen LogP contribution in [0.2, 0.25) is 0 Å². The van der Waals surface area contributed by atoms with Gasteiger partial charge in [-0.05, 0) is 17.7 Å². The fourth-order valence-electron chi connectivity index (χ4n) is 2.32. The second-order valence-electron chi connectivity index (χ2n) is 5.16. The van der Waals surface area contributed by atoms with Crippen LogP contribution < -0.4 is 5.32 Å². The van der Waals surface area contributed by atoms with Gasteiger partial charge in [0.15, 0.2) is 0 Å². The van der Waals surface area contributed by atoms with Crippen molar-refractivity contribution in [2.24, 2.45) is 0 Å². The number of carbonyl (C=O) groups is 1. The number of rotatable bonds is 5. The van der Waals surface area contributed by atoms with Crippen LogP contribution in [0, 0.1) is 5.82 Å². The Kier molecular flexibility index (Phi) is 4.51. The van der Waals surface area contributed by atoms with Gasteiger partial charge in [-0.25, -0.2) is 9.18 Å². The fraction of sp³-hybridized carbons (Fsp3) is 0.118. The largest absolute Gasteiger partial charge is 0.465 e. The van der Waals surface area contributed by atoms with E-state index in [1.165, 1.54) is 18.2 Å². The van der Waals surface area contributed by atoms with Gasteiger partial charge in [0.05, 0.1) is 0 Å². The summed E-state index contributed by atoms with van der Waals surface area (Å²) >= 11 is 0. The smallest absolute Gasteiger partial charge is 0.405 e. The number of amides is 1. The predicted octanol–water partition coefficient (Wildman–Crippen LogP) is 3.43. The number of nitrogens with one attached hydrogen (secondary N) is 1. The fourth-order valence-corrected chi connectivity index (χ4v) is 2.32. The lowest BCUT2D eigenvalue weighted by atomic mass is 10.1. The van der Waals surface area contributed by atoms with Crippen LogP contribution in [0.5, 0.6) is 0 Å². The van der Waals surface area contributed by atoms with E-state index in [1.807, 2.05) is 30.3 Å². The molecule has 1 unspecified atom stereocenters. The zero-order chi connectivity index (χ0) is 16.9. The molecule has 0 saturated carbocycles. The number of carboxylic acid groups (broad SMARTS) is 1. The highest BCUT2D eigenvalue weighted by Crippen LogP contribution is 2.22. The van der Waals surface area contributed by atoms with Crippen molar-refractivity contribution < 1.29 is 18.8 Å². The van der Waals surface area contributed by atoms with Crippen LogP contribution >= 0.6 is 0 Å². The van der Waals surface area contributed by atoms with E-state index in [1.54, 1.807) is 6.07 Å². The zero-order valence-electron chi connectivity index (χ0n) is 12.5. The molecule has 2 N–H and O–H groups in total. The first kappa shape index (κ1) is 15.7. The van der Waals surface area contributed by atoms with Gasteiger partial charge >= 0.3 is 6.09 Å². The topological polar surface area (TPSA) is 88.2 Å². The van der Waals surface area contributed by atoms with Crippen molar-refractivity contribution in [3.63, 3.8) is 0 Å². The van der Waals surface area contributed by atoms with Gasteiger partial charge in [-0.1, -0.05) is 47.6 Å². The Hall–Kier alpha value is -3.22. The number of aromatic nitrogens is 2. The van der Waals surface area contributed by atoms with Crippen LogP contribution in [-0.2, 0) is 6.42 Å². The summed E-state index contributed by atoms with van der Waals surface area (Å²) in [5, 5.41) is 15.2. The number of hydrogen-bond donors (Lipinski definition) is 2. The Labute approximate surface area is 136 Å². The van der Waals surface area contributed by atoms with Crippen molar-refractivity contribution in [2.45, 2.75) is 12.5 Å². The lowest BCUT2D eigenvalue weighted by Gasteiger charge is -2.12. The molecule has 24 heavy (non-hydrogen) atoms. The molecule has 0 aliphatic carbocycles. The summed E-state index contributed by atoms with van der Waals surface area (Å²) in [6.45, 7) is 0. The summed E-state index contributed by atoms with van der Waals surface area (Å²) in [7, 11) is 0. The molecule has 7 heteroatoms. The normalized spacial score (nSPS) is 11.9. The molecule has 2 aromatic carbocycles. The first-order chi connectivity index (χ1) is 11.6. The minimum absolute atomic E-state index is 0.125. The molecule has 1 atom stereocenters. The van der Waals surface area contributed by atoms with Crippen molar-refractivity contribution in [1.82, 2.24) is 15.5 Å². The highest BCUT2D eigenvalue weighted by atomic mass is 19.1. The van der Waals surface area contributed by atoms with Crippen molar-refractivity contribution in [3.8, 4) is 11.4 Å². The van der Waals surface area contributed by atoms with Crippen LogP contribution in [0.1, 0.15) is 17.5 Å². The Morgan fingerprint density at radius 3 is 2.71 bits per heavy atom. The van der Waals surface area contributed by atoms with Crippen LogP contribution in [0.15, 0.2) is 59.1 Å². The molecule has 0 radical (unpaired) electrons. The minimum atomic E-state index is -1.19. The molecule has 3 aromatic rings. The predicted molar refractivity (Wildman–Crippen MR) is 83.7 cm³/mol. The minimum Gasteiger partial charge on any atom is -0.465 e. The lowest BCUT2D eigenvalue weighted by molar-refractivity contribution is 0.186. The summed E-state index contributed by atoms with van der Waals surface area (Å²) in [5.41, 5.74) is 1.38. The van der Waals surface area contributed by atoms with E-state index >= 15 is 0 Å². The Bertz CT molecular complexity index is 836. The molecule has 6 nitrogen and oxygen atoms in total. The van der Waals surface area contributed by atoms with Gasteiger partial charge < -0.3 is 14.9 Å². The van der Waals surface area contributed by atoms with Gasteiger partial charge in [0.25, 0.3) is 0 Å². The Balaban J connectivity index is 1.87.